The Labute approximate surface area is 211 Å². The van der Waals surface area contributed by atoms with Gasteiger partial charge in [0.05, 0.1) is 17.9 Å². The number of aromatic nitrogens is 1. The number of likely N-dealkylation sites (tertiary alicyclic amines) is 1. The monoisotopic (exact) mass is 483 g/mol. The van der Waals surface area contributed by atoms with Crippen molar-refractivity contribution in [3.05, 3.63) is 23.4 Å². The fourth-order valence-electron chi connectivity index (χ4n) is 6.26. The topological polar surface area (TPSA) is 62.0 Å². The third-order valence-electron chi connectivity index (χ3n) is 8.71. The van der Waals surface area contributed by atoms with E-state index in [4.69, 9.17) is 9.26 Å². The smallest absolute Gasteiger partial charge is 0.175 e. The predicted molar refractivity (Wildman–Crippen MR) is 140 cm³/mol. The summed E-state index contributed by atoms with van der Waals surface area (Å²) in [6, 6.07) is 4.29. The van der Waals surface area contributed by atoms with Gasteiger partial charge in [0.15, 0.2) is 5.58 Å². The van der Waals surface area contributed by atoms with Crippen LogP contribution in [0.1, 0.15) is 69.0 Å². The highest BCUT2D eigenvalue weighted by atomic mass is 16.5. The molecule has 2 aromatic rings. The summed E-state index contributed by atoms with van der Waals surface area (Å²) in [5.74, 6) is 3.67. The summed E-state index contributed by atoms with van der Waals surface area (Å²) < 4.78 is 12.1. The molecule has 1 saturated heterocycles. The van der Waals surface area contributed by atoms with Gasteiger partial charge in [-0.25, -0.2) is 0 Å². The van der Waals surface area contributed by atoms with Crippen LogP contribution in [0.5, 0.6) is 5.75 Å². The molecule has 1 N–H and O–H groups in total. The molecule has 6 heteroatoms. The van der Waals surface area contributed by atoms with Gasteiger partial charge in [-0.3, -0.25) is 0 Å². The zero-order valence-electron chi connectivity index (χ0n) is 21.9. The normalized spacial score (nSPS) is 24.5. The van der Waals surface area contributed by atoms with Gasteiger partial charge in [0.2, 0.25) is 0 Å². The van der Waals surface area contributed by atoms with E-state index in [2.05, 4.69) is 41.2 Å². The molecule has 0 unspecified atom stereocenters. The van der Waals surface area contributed by atoms with E-state index in [0.29, 0.717) is 18.4 Å². The zero-order chi connectivity index (χ0) is 24.2. The van der Waals surface area contributed by atoms with Crippen molar-refractivity contribution >= 4 is 11.0 Å². The Bertz CT molecular complexity index is 946. The molecule has 35 heavy (non-hydrogen) atoms. The van der Waals surface area contributed by atoms with Crippen LogP contribution >= 0.6 is 0 Å². The summed E-state index contributed by atoms with van der Waals surface area (Å²) in [4.78, 5) is 4.84. The molecule has 0 radical (unpaired) electrons. The quantitative estimate of drug-likeness (QED) is 0.479. The Kier molecular flexibility index (Phi) is 8.31. The molecule has 6 nitrogen and oxygen atoms in total. The lowest BCUT2D eigenvalue weighted by molar-refractivity contribution is 0.0826. The van der Waals surface area contributed by atoms with Gasteiger partial charge in [0, 0.05) is 25.1 Å². The number of ether oxygens (including phenoxy) is 1. The second-order valence-corrected chi connectivity index (χ2v) is 11.8. The number of hydrogen-bond donors (Lipinski definition) is 1. The first-order valence-electron chi connectivity index (χ1n) is 14.1. The van der Waals surface area contributed by atoms with E-state index in [1.165, 1.54) is 77.4 Å². The molecule has 3 fully saturated rings. The Balaban J connectivity index is 1.16. The van der Waals surface area contributed by atoms with Gasteiger partial charge in [0.25, 0.3) is 0 Å². The predicted octanol–water partition coefficient (Wildman–Crippen LogP) is 5.12. The molecular weight excluding hydrogens is 438 g/mol. The van der Waals surface area contributed by atoms with Crippen LogP contribution < -0.4 is 4.74 Å². The van der Waals surface area contributed by atoms with Gasteiger partial charge in [-0.1, -0.05) is 18.0 Å². The molecule has 194 valence electrons. The van der Waals surface area contributed by atoms with E-state index in [-0.39, 0.29) is 0 Å². The van der Waals surface area contributed by atoms with Crippen molar-refractivity contribution in [3.8, 4) is 5.75 Å². The number of fused-ring (bicyclic) bond motifs is 1. The van der Waals surface area contributed by atoms with Crippen molar-refractivity contribution in [1.29, 1.82) is 0 Å². The number of hydrogen-bond acceptors (Lipinski definition) is 6. The van der Waals surface area contributed by atoms with E-state index >= 15 is 0 Å². The number of aryl methyl sites for hydroxylation is 1. The third kappa shape index (κ3) is 6.39. The molecule has 1 aromatic carbocycles. The fourth-order valence-corrected chi connectivity index (χ4v) is 6.26. The van der Waals surface area contributed by atoms with Gasteiger partial charge >= 0.3 is 0 Å². The van der Waals surface area contributed by atoms with Crippen molar-refractivity contribution in [2.24, 2.45) is 23.7 Å². The molecule has 2 aliphatic carbocycles. The highest BCUT2D eigenvalue weighted by molar-refractivity contribution is 5.84. The maximum Gasteiger partial charge on any atom is 0.175 e. The van der Waals surface area contributed by atoms with Gasteiger partial charge in [-0.2, -0.15) is 0 Å². The first kappa shape index (κ1) is 25.0. The Hall–Kier alpha value is -1.63. The van der Waals surface area contributed by atoms with Gasteiger partial charge in [0.1, 0.15) is 5.75 Å². The summed E-state index contributed by atoms with van der Waals surface area (Å²) >= 11 is 0. The standard InChI is InChI=1S/C29H45N3O3/c1-31(2)18-26-28(34-20-22-7-8-22)12-10-25-27(30-35-29(25)26)11-9-21-13-15-32(16-14-21)17-23-5-3-4-6-24(23)19-33/h10,12,21-24,33H,3-9,11,13-20H2,1-2H3/t23-,24+/m0/s1. The molecule has 3 aliphatic rings. The summed E-state index contributed by atoms with van der Waals surface area (Å²) in [5.41, 5.74) is 3.14. The highest BCUT2D eigenvalue weighted by Gasteiger charge is 2.29. The Morgan fingerprint density at radius 2 is 1.80 bits per heavy atom. The molecule has 0 bridgehead atoms. The number of nitrogens with zero attached hydrogens (tertiary/aromatic N) is 3. The average molecular weight is 484 g/mol. The van der Waals surface area contributed by atoms with Crippen LogP contribution in [0.3, 0.4) is 0 Å². The van der Waals surface area contributed by atoms with Gasteiger partial charge < -0.3 is 24.2 Å². The minimum atomic E-state index is 0.372. The first-order valence-corrected chi connectivity index (χ1v) is 14.1. The van der Waals surface area contributed by atoms with Crippen LogP contribution in [-0.4, -0.2) is 67.0 Å². The second kappa shape index (κ2) is 11.6. The molecule has 0 spiro atoms. The van der Waals surface area contributed by atoms with E-state index < -0.39 is 0 Å². The van der Waals surface area contributed by atoms with Crippen molar-refractivity contribution in [3.63, 3.8) is 0 Å². The number of benzene rings is 1. The highest BCUT2D eigenvalue weighted by Crippen LogP contribution is 2.35. The van der Waals surface area contributed by atoms with E-state index in [0.717, 1.165) is 59.4 Å². The second-order valence-electron chi connectivity index (χ2n) is 11.8. The largest absolute Gasteiger partial charge is 0.493 e. The molecule has 2 saturated carbocycles. The van der Waals surface area contributed by atoms with Crippen LogP contribution in [0.15, 0.2) is 16.7 Å². The van der Waals surface area contributed by atoms with Crippen LogP contribution in [0, 0.1) is 23.7 Å². The van der Waals surface area contributed by atoms with Gasteiger partial charge in [-0.15, -0.1) is 0 Å². The van der Waals surface area contributed by atoms with E-state index in [1.54, 1.807) is 0 Å². The minimum Gasteiger partial charge on any atom is -0.493 e. The molecule has 1 aromatic heterocycles. The Morgan fingerprint density at radius 1 is 1.03 bits per heavy atom. The lowest BCUT2D eigenvalue weighted by Gasteiger charge is -2.38. The molecule has 0 amide bonds. The SMILES string of the molecule is CN(C)Cc1c(OCC2CC2)ccc2c(CCC3CCN(C[C@@H]4CCCC[C@@H]4CO)CC3)noc12. The number of aliphatic hydroxyl groups is 1. The van der Waals surface area contributed by atoms with Crippen LogP contribution in [0.4, 0.5) is 0 Å². The molecule has 5 rings (SSSR count). The Morgan fingerprint density at radius 3 is 2.51 bits per heavy atom. The summed E-state index contributed by atoms with van der Waals surface area (Å²) in [6.45, 7) is 5.57. The maximum absolute atomic E-state index is 9.75. The van der Waals surface area contributed by atoms with Crippen molar-refractivity contribution in [1.82, 2.24) is 15.0 Å². The number of piperidine rings is 1. The van der Waals surface area contributed by atoms with E-state index in [9.17, 15) is 5.11 Å². The van der Waals surface area contributed by atoms with Gasteiger partial charge in [-0.05, 0) is 114 Å². The number of aliphatic hydroxyl groups excluding tert-OH is 1. The summed E-state index contributed by atoms with van der Waals surface area (Å²) in [5, 5.41) is 15.4. The minimum absolute atomic E-state index is 0.372. The van der Waals surface area contributed by atoms with Crippen molar-refractivity contribution in [2.45, 2.75) is 70.8 Å². The first-order chi connectivity index (χ1) is 17.1. The van der Waals surface area contributed by atoms with E-state index in [1.807, 2.05) is 0 Å². The van der Waals surface area contributed by atoms with Crippen LogP contribution in [0.25, 0.3) is 11.0 Å². The summed E-state index contributed by atoms with van der Waals surface area (Å²) in [7, 11) is 4.18. The average Bonchev–Trinajstić information content (AvgIpc) is 3.61. The van der Waals surface area contributed by atoms with Crippen LogP contribution in [-0.2, 0) is 13.0 Å². The van der Waals surface area contributed by atoms with Crippen LogP contribution in [0.2, 0.25) is 0 Å². The fraction of sp³-hybridized carbons (Fsp3) is 0.759. The lowest BCUT2D eigenvalue weighted by Crippen LogP contribution is -2.40. The molecule has 2 heterocycles. The van der Waals surface area contributed by atoms with Crippen molar-refractivity contribution in [2.75, 3.05) is 46.9 Å². The molecule has 2 atom stereocenters. The van der Waals surface area contributed by atoms with Crippen molar-refractivity contribution < 1.29 is 14.4 Å². The summed E-state index contributed by atoms with van der Waals surface area (Å²) in [6.07, 6.45) is 12.5. The molecule has 1 aliphatic heterocycles. The maximum atomic E-state index is 9.75. The lowest BCUT2D eigenvalue weighted by atomic mass is 9.79. The number of rotatable bonds is 11. The third-order valence-corrected chi connectivity index (χ3v) is 8.71. The molecular formula is C29H45N3O3. The zero-order valence-corrected chi connectivity index (χ0v) is 21.9.